The normalized spacial score (nSPS) is 21.9. The van der Waals surface area contributed by atoms with E-state index in [-0.39, 0.29) is 0 Å². The zero-order chi connectivity index (χ0) is 22.6. The number of aliphatic imine (C=N–C) groups is 1. The molecule has 1 saturated carbocycles. The summed E-state index contributed by atoms with van der Waals surface area (Å²) in [6.07, 6.45) is 12.7. The molecule has 0 aromatic heterocycles. The van der Waals surface area contributed by atoms with Crippen molar-refractivity contribution < 1.29 is 0 Å². The van der Waals surface area contributed by atoms with Crippen LogP contribution in [0.25, 0.3) is 27.5 Å². The van der Waals surface area contributed by atoms with E-state index in [0.29, 0.717) is 0 Å². The number of halogens is 1. The lowest BCUT2D eigenvalue weighted by Crippen LogP contribution is -2.29. The van der Waals surface area contributed by atoms with Gasteiger partial charge >= 0.3 is 0 Å². The minimum atomic E-state index is 0.736. The van der Waals surface area contributed by atoms with Gasteiger partial charge in [-0.3, -0.25) is 4.99 Å². The molecule has 1 fully saturated rings. The van der Waals surface area contributed by atoms with Gasteiger partial charge in [0.1, 0.15) is 0 Å². The van der Waals surface area contributed by atoms with Gasteiger partial charge in [0.2, 0.25) is 0 Å². The highest BCUT2D eigenvalue weighted by Gasteiger charge is 2.36. The van der Waals surface area contributed by atoms with Crippen molar-refractivity contribution in [3.05, 3.63) is 87.4 Å². The summed E-state index contributed by atoms with van der Waals surface area (Å²) in [5.74, 6) is 2.71. The van der Waals surface area contributed by atoms with E-state index in [1.165, 1.54) is 82.2 Å². The molecule has 7 rings (SSSR count). The molecular weight excluding hydrogens is 498 g/mol. The number of nitrogens with zero attached hydrogens (tertiary/aromatic N) is 1. The predicted molar refractivity (Wildman–Crippen MR) is 151 cm³/mol. The van der Waals surface area contributed by atoms with Gasteiger partial charge in [0.15, 0.2) is 0 Å². The fourth-order valence-corrected chi connectivity index (χ4v) is 7.68. The average Bonchev–Trinajstić information content (AvgIpc) is 3.37. The molecule has 1 unspecified atom stereocenters. The molecule has 1 heterocycles. The first-order valence-electron chi connectivity index (χ1n) is 12.7. The highest BCUT2D eigenvalue weighted by atomic mass is 79.9. The molecule has 3 aliphatic carbocycles. The van der Waals surface area contributed by atoms with Crippen molar-refractivity contribution in [2.45, 2.75) is 38.5 Å². The van der Waals surface area contributed by atoms with Gasteiger partial charge < -0.3 is 0 Å². The van der Waals surface area contributed by atoms with Crippen LogP contribution in [0.4, 0.5) is 0 Å². The molecule has 3 aromatic rings. The lowest BCUT2D eigenvalue weighted by atomic mass is 9.64. The second-order valence-corrected chi connectivity index (χ2v) is 12.1. The third-order valence-corrected chi connectivity index (χ3v) is 9.88. The second kappa shape index (κ2) is 8.53. The Labute approximate surface area is 214 Å². The molecule has 0 amide bonds. The van der Waals surface area contributed by atoms with Gasteiger partial charge in [0.05, 0.1) is 5.04 Å². The molecule has 3 aromatic carbocycles. The largest absolute Gasteiger partial charge is 0.277 e. The number of rotatable bonds is 3. The molecule has 170 valence electrons. The van der Waals surface area contributed by atoms with Gasteiger partial charge in [-0.25, -0.2) is 0 Å². The van der Waals surface area contributed by atoms with Gasteiger partial charge in [0, 0.05) is 22.3 Å². The fraction of sp³-hybridized carbons (Fsp3) is 0.323. The molecule has 0 spiro atoms. The fourth-order valence-electron chi connectivity index (χ4n) is 6.49. The topological polar surface area (TPSA) is 12.4 Å². The zero-order valence-electron chi connectivity index (χ0n) is 19.3. The average molecular weight is 527 g/mol. The van der Waals surface area contributed by atoms with Crippen LogP contribution in [0.15, 0.2) is 75.7 Å². The first-order chi connectivity index (χ1) is 16.8. The third kappa shape index (κ3) is 3.38. The molecule has 0 bridgehead atoms. The van der Waals surface area contributed by atoms with Crippen molar-refractivity contribution >= 4 is 49.1 Å². The van der Waals surface area contributed by atoms with Gasteiger partial charge in [-0.05, 0) is 94.7 Å². The van der Waals surface area contributed by atoms with Gasteiger partial charge in [-0.2, -0.15) is 0 Å². The van der Waals surface area contributed by atoms with Crippen molar-refractivity contribution in [3.63, 3.8) is 0 Å². The highest BCUT2D eigenvalue weighted by molar-refractivity contribution is 9.10. The standard InChI is InChI=1S/C31H28BrNS/c32-21-10-8-20(9-11-21)22-12-13-26-27(30(22)31-33-16-17-34-31)15-14-25-23-6-1-2-7-24(23)28(18-29(25)26)19-4-3-5-19/h1,6,8-15,19,28H,2-5,7,16-18H2. The summed E-state index contributed by atoms with van der Waals surface area (Å²) < 4.78 is 1.12. The Bertz CT molecular complexity index is 1390. The highest BCUT2D eigenvalue weighted by Crippen LogP contribution is 2.50. The van der Waals surface area contributed by atoms with Crippen molar-refractivity contribution in [2.24, 2.45) is 16.8 Å². The number of thioether (sulfide) groups is 1. The van der Waals surface area contributed by atoms with Crippen LogP contribution in [-0.2, 0) is 6.42 Å². The van der Waals surface area contributed by atoms with Crippen LogP contribution in [0.3, 0.4) is 0 Å². The maximum Gasteiger partial charge on any atom is 0.0990 e. The van der Waals surface area contributed by atoms with Gasteiger partial charge in [0.25, 0.3) is 0 Å². The maximum absolute atomic E-state index is 4.95. The predicted octanol–water partition coefficient (Wildman–Crippen LogP) is 8.84. The molecular formula is C31H28BrNS. The van der Waals surface area contributed by atoms with E-state index in [2.05, 4.69) is 76.6 Å². The number of allylic oxidation sites excluding steroid dienone is 4. The van der Waals surface area contributed by atoms with Crippen LogP contribution in [0.1, 0.15) is 48.8 Å². The number of hydrogen-bond acceptors (Lipinski definition) is 2. The Kier molecular flexibility index (Phi) is 5.32. The van der Waals surface area contributed by atoms with Crippen LogP contribution < -0.4 is 0 Å². The van der Waals surface area contributed by atoms with Crippen LogP contribution >= 0.6 is 27.7 Å². The third-order valence-electron chi connectivity index (χ3n) is 8.36. The molecule has 0 saturated heterocycles. The number of fused-ring (bicyclic) bond motifs is 4. The Morgan fingerprint density at radius 1 is 0.912 bits per heavy atom. The van der Waals surface area contributed by atoms with E-state index < -0.39 is 0 Å². The Morgan fingerprint density at radius 3 is 2.50 bits per heavy atom. The Morgan fingerprint density at radius 2 is 1.74 bits per heavy atom. The number of hydrogen-bond donors (Lipinski definition) is 0. The SMILES string of the molecule is Brc1ccc(-c2ccc3c4c(ccc3c2C2=NCCS2)C2=C(CCC=C2)C(C2CCC2)C4)cc1. The van der Waals surface area contributed by atoms with E-state index in [9.17, 15) is 0 Å². The molecule has 1 nitrogen and oxygen atoms in total. The molecule has 3 heteroatoms. The molecule has 0 N–H and O–H groups in total. The molecule has 0 radical (unpaired) electrons. The first-order valence-corrected chi connectivity index (χ1v) is 14.5. The smallest absolute Gasteiger partial charge is 0.0990 e. The van der Waals surface area contributed by atoms with E-state index in [1.807, 2.05) is 11.8 Å². The minimum Gasteiger partial charge on any atom is -0.277 e. The summed E-state index contributed by atoms with van der Waals surface area (Å²) in [4.78, 5) is 4.95. The van der Waals surface area contributed by atoms with Crippen molar-refractivity contribution in [1.29, 1.82) is 0 Å². The summed E-state index contributed by atoms with van der Waals surface area (Å²) in [5.41, 5.74) is 10.3. The molecule has 1 atom stereocenters. The van der Waals surface area contributed by atoms with Crippen molar-refractivity contribution in [3.8, 4) is 11.1 Å². The molecule has 34 heavy (non-hydrogen) atoms. The van der Waals surface area contributed by atoms with E-state index in [4.69, 9.17) is 4.99 Å². The number of benzene rings is 3. The minimum absolute atomic E-state index is 0.736. The zero-order valence-corrected chi connectivity index (χ0v) is 21.7. The van der Waals surface area contributed by atoms with Crippen LogP contribution in [-0.4, -0.2) is 17.3 Å². The lowest BCUT2D eigenvalue weighted by molar-refractivity contribution is 0.227. The van der Waals surface area contributed by atoms with Crippen LogP contribution in [0.5, 0.6) is 0 Å². The van der Waals surface area contributed by atoms with Gasteiger partial charge in [-0.15, -0.1) is 11.8 Å². The van der Waals surface area contributed by atoms with Gasteiger partial charge in [-0.1, -0.05) is 76.5 Å². The van der Waals surface area contributed by atoms with E-state index in [1.54, 1.807) is 11.1 Å². The Hall–Kier alpha value is -2.10. The first kappa shape index (κ1) is 21.2. The maximum atomic E-state index is 4.95. The monoisotopic (exact) mass is 525 g/mol. The lowest BCUT2D eigenvalue weighted by Gasteiger charge is -2.41. The molecule has 4 aliphatic rings. The van der Waals surface area contributed by atoms with Crippen molar-refractivity contribution in [2.75, 3.05) is 12.3 Å². The second-order valence-electron chi connectivity index (χ2n) is 10.1. The summed E-state index contributed by atoms with van der Waals surface area (Å²) in [7, 11) is 0. The Balaban J connectivity index is 1.46. The van der Waals surface area contributed by atoms with Crippen LogP contribution in [0, 0.1) is 11.8 Å². The quantitative estimate of drug-likeness (QED) is 0.332. The van der Waals surface area contributed by atoms with E-state index >= 15 is 0 Å². The summed E-state index contributed by atoms with van der Waals surface area (Å²) in [6, 6.07) is 18.3. The van der Waals surface area contributed by atoms with Crippen LogP contribution in [0.2, 0.25) is 0 Å². The summed E-state index contributed by atoms with van der Waals surface area (Å²) in [5, 5.41) is 4.04. The summed E-state index contributed by atoms with van der Waals surface area (Å²) >= 11 is 5.52. The van der Waals surface area contributed by atoms with E-state index in [0.717, 1.165) is 28.6 Å². The summed E-state index contributed by atoms with van der Waals surface area (Å²) in [6.45, 7) is 0.923. The molecule has 1 aliphatic heterocycles. The van der Waals surface area contributed by atoms with Crippen molar-refractivity contribution in [1.82, 2.24) is 0 Å².